The normalized spacial score (nSPS) is 5.45. The smallest absolute Gasteiger partial charge is 0.358 e. The van der Waals surface area contributed by atoms with E-state index in [0.29, 0.717) is 0 Å². The van der Waals surface area contributed by atoms with Crippen LogP contribution in [0.25, 0.3) is 0 Å². The monoisotopic (exact) mass is 185 g/mol. The second-order valence-electron chi connectivity index (χ2n) is 2.23. The molecule has 0 rings (SSSR count). The average molecular weight is 185 g/mol. The Bertz CT molecular complexity index is 16.1. The van der Waals surface area contributed by atoms with E-state index in [9.17, 15) is 0 Å². The van der Waals surface area contributed by atoms with Crippen molar-refractivity contribution >= 4 is 0 Å². The summed E-state index contributed by atoms with van der Waals surface area (Å²) in [5.74, 6) is 0.833. The molecule has 1 heteroatoms. The van der Waals surface area contributed by atoms with Crippen molar-refractivity contribution in [3.05, 3.63) is 14.4 Å². The van der Waals surface area contributed by atoms with E-state index in [-0.39, 0.29) is 58.8 Å². The molecule has 0 nitrogen and oxygen atoms in total. The zero-order chi connectivity index (χ0) is 8.28. The predicted octanol–water partition coefficient (Wildman–Crippen LogP) is 1.37. The topological polar surface area (TPSA) is 0 Å². The minimum atomic E-state index is 0. The molecule has 0 aromatic rings. The fourth-order valence-electron chi connectivity index (χ4n) is 0. The third-order valence-corrected chi connectivity index (χ3v) is 0. The molecule has 0 heterocycles. The Kier molecular flexibility index (Phi) is 111. The predicted molar refractivity (Wildman–Crippen MR) is 53.9 cm³/mol. The first-order valence-electron chi connectivity index (χ1n) is 3.94. The molecule has 0 aromatic heterocycles. The SMILES string of the molecule is CC.CC(C)C.[CH2-]CC.[CH3-].[K+]. The molecule has 0 spiro atoms. The summed E-state index contributed by atoms with van der Waals surface area (Å²) in [5.41, 5.74) is 0. The van der Waals surface area contributed by atoms with Gasteiger partial charge in [-0.05, 0) is 5.92 Å². The van der Waals surface area contributed by atoms with Gasteiger partial charge in [0.2, 0.25) is 0 Å². The molecule has 0 amide bonds. The molecule has 0 atom stereocenters. The van der Waals surface area contributed by atoms with E-state index >= 15 is 0 Å². The van der Waals surface area contributed by atoms with Gasteiger partial charge < -0.3 is 14.4 Å². The van der Waals surface area contributed by atoms with Crippen molar-refractivity contribution in [2.75, 3.05) is 0 Å². The Hall–Kier alpha value is 1.64. The summed E-state index contributed by atoms with van der Waals surface area (Å²) in [6, 6.07) is 0. The minimum absolute atomic E-state index is 0. The van der Waals surface area contributed by atoms with Crippen molar-refractivity contribution in [1.29, 1.82) is 0 Å². The summed E-state index contributed by atoms with van der Waals surface area (Å²) in [6.07, 6.45) is 1.00. The average Bonchev–Trinajstić information content (AvgIpc) is 1.71. The van der Waals surface area contributed by atoms with Crippen molar-refractivity contribution in [3.63, 3.8) is 0 Å². The Morgan fingerprint density at radius 3 is 1.09 bits per heavy atom. The van der Waals surface area contributed by atoms with E-state index in [2.05, 4.69) is 27.7 Å². The van der Waals surface area contributed by atoms with Crippen LogP contribution in [0.3, 0.4) is 0 Å². The maximum Gasteiger partial charge on any atom is 1.00 e. The van der Waals surface area contributed by atoms with Crippen LogP contribution in [0.1, 0.15) is 48.0 Å². The summed E-state index contributed by atoms with van der Waals surface area (Å²) in [6.45, 7) is 16.0. The van der Waals surface area contributed by atoms with E-state index in [0.717, 1.165) is 12.3 Å². The molecular formula is C10H26K-. The van der Waals surface area contributed by atoms with Crippen LogP contribution >= 0.6 is 0 Å². The zero-order valence-electron chi connectivity index (χ0n) is 9.99. The van der Waals surface area contributed by atoms with Crippen molar-refractivity contribution < 1.29 is 51.4 Å². The van der Waals surface area contributed by atoms with Gasteiger partial charge in [0.25, 0.3) is 0 Å². The molecule has 0 aliphatic rings. The van der Waals surface area contributed by atoms with Crippen molar-refractivity contribution in [1.82, 2.24) is 0 Å². The Morgan fingerprint density at radius 2 is 1.09 bits per heavy atom. The molecule has 0 unspecified atom stereocenters. The summed E-state index contributed by atoms with van der Waals surface area (Å²) < 4.78 is 0. The summed E-state index contributed by atoms with van der Waals surface area (Å²) >= 11 is 0. The van der Waals surface area contributed by atoms with E-state index in [4.69, 9.17) is 0 Å². The fourth-order valence-corrected chi connectivity index (χ4v) is 0. The maximum atomic E-state index is 3.49. The van der Waals surface area contributed by atoms with Crippen molar-refractivity contribution in [2.45, 2.75) is 48.0 Å². The van der Waals surface area contributed by atoms with Crippen molar-refractivity contribution in [3.8, 4) is 0 Å². The van der Waals surface area contributed by atoms with E-state index in [1.54, 1.807) is 0 Å². The third-order valence-electron chi connectivity index (χ3n) is 0. The molecule has 0 saturated carbocycles. The van der Waals surface area contributed by atoms with Gasteiger partial charge in [0.05, 0.1) is 0 Å². The van der Waals surface area contributed by atoms with Crippen LogP contribution < -0.4 is 51.4 Å². The van der Waals surface area contributed by atoms with E-state index in [1.165, 1.54) is 0 Å². The Labute approximate surface area is 118 Å². The quantitative estimate of drug-likeness (QED) is 0.395. The van der Waals surface area contributed by atoms with Gasteiger partial charge >= 0.3 is 51.4 Å². The van der Waals surface area contributed by atoms with Gasteiger partial charge in [-0.2, -0.15) is 6.42 Å². The van der Waals surface area contributed by atoms with Crippen LogP contribution in [-0.2, 0) is 0 Å². The summed E-state index contributed by atoms with van der Waals surface area (Å²) in [5, 5.41) is 0. The maximum absolute atomic E-state index is 3.49. The molecule has 0 aliphatic carbocycles. The van der Waals surface area contributed by atoms with E-state index < -0.39 is 0 Å². The van der Waals surface area contributed by atoms with Crippen molar-refractivity contribution in [2.24, 2.45) is 5.92 Å². The zero-order valence-corrected chi connectivity index (χ0v) is 13.1. The van der Waals surface area contributed by atoms with Gasteiger partial charge in [-0.15, -0.1) is 0 Å². The molecular weight excluding hydrogens is 159 g/mol. The standard InChI is InChI=1S/C4H10.C3H7.C2H6.CH3.K/c1-4(2)3;1-3-2;1-2;;/h4H,1-3H3;1,3H2,2H3;1-2H3;1H3;/q;-1;;-1;+1. The molecule has 0 fully saturated rings. The molecule has 0 aliphatic heterocycles. The molecule has 68 valence electrons. The molecule has 0 radical (unpaired) electrons. The number of rotatable bonds is 0. The van der Waals surface area contributed by atoms with Crippen LogP contribution in [0.2, 0.25) is 0 Å². The first-order valence-corrected chi connectivity index (χ1v) is 3.94. The third kappa shape index (κ3) is 404. The first-order chi connectivity index (χ1) is 4.15. The molecule has 0 N–H and O–H groups in total. The second kappa shape index (κ2) is 41.4. The minimum Gasteiger partial charge on any atom is -0.358 e. The van der Waals surface area contributed by atoms with Gasteiger partial charge in [0.15, 0.2) is 0 Å². The summed E-state index contributed by atoms with van der Waals surface area (Å²) in [7, 11) is 0. The van der Waals surface area contributed by atoms with Crippen LogP contribution in [0.4, 0.5) is 0 Å². The fraction of sp³-hybridized carbons (Fsp3) is 0.800. The first kappa shape index (κ1) is 29.3. The van der Waals surface area contributed by atoms with Crippen LogP contribution in [0, 0.1) is 20.3 Å². The molecule has 0 aromatic carbocycles. The van der Waals surface area contributed by atoms with Gasteiger partial charge in [0, 0.05) is 0 Å². The summed E-state index contributed by atoms with van der Waals surface area (Å²) in [4.78, 5) is 0. The van der Waals surface area contributed by atoms with Gasteiger partial charge in [0.1, 0.15) is 0 Å². The van der Waals surface area contributed by atoms with E-state index in [1.807, 2.05) is 20.8 Å². The van der Waals surface area contributed by atoms with Crippen LogP contribution in [0.15, 0.2) is 0 Å². The largest absolute Gasteiger partial charge is 1.00 e. The van der Waals surface area contributed by atoms with Crippen LogP contribution in [0.5, 0.6) is 0 Å². The van der Waals surface area contributed by atoms with Gasteiger partial charge in [-0.25, -0.2) is 0 Å². The molecule has 0 saturated heterocycles. The number of hydrogen-bond donors (Lipinski definition) is 0. The Morgan fingerprint density at radius 1 is 1.09 bits per heavy atom. The second-order valence-corrected chi connectivity index (χ2v) is 2.23. The van der Waals surface area contributed by atoms with Gasteiger partial charge in [-0.1, -0.05) is 41.5 Å². The van der Waals surface area contributed by atoms with Crippen LogP contribution in [-0.4, -0.2) is 0 Å². The number of hydrogen-bond acceptors (Lipinski definition) is 0. The Balaban J connectivity index is -0.0000000158. The molecule has 11 heavy (non-hydrogen) atoms. The molecule has 0 bridgehead atoms. The van der Waals surface area contributed by atoms with Gasteiger partial charge in [-0.3, -0.25) is 0 Å².